The Kier molecular flexibility index (Phi) is 1.83. The highest BCUT2D eigenvalue weighted by Crippen LogP contribution is 2.34. The molecule has 7 heteroatoms. The third-order valence-electron chi connectivity index (χ3n) is 1.52. The molecule has 1 unspecified atom stereocenters. The summed E-state index contributed by atoms with van der Waals surface area (Å²) in [7, 11) is 0. The molecule has 1 heterocycles. The summed E-state index contributed by atoms with van der Waals surface area (Å²) < 4.78 is 35.5. The number of rotatable bonds is 0. The number of nitrogens with zero attached hydrogens (tertiary/aromatic N) is 1. The Morgan fingerprint density at radius 3 is 2.08 bits per heavy atom. The van der Waals surface area contributed by atoms with Crippen molar-refractivity contribution >= 4 is 11.8 Å². The highest BCUT2D eigenvalue weighted by Gasteiger charge is 2.53. The maximum atomic E-state index is 11.8. The Labute approximate surface area is 64.5 Å². The van der Waals surface area contributed by atoms with Crippen molar-refractivity contribution in [2.45, 2.75) is 12.6 Å². The SMILES string of the molecule is O=C1CC(C(F)(F)F)C(=O)N1O. The van der Waals surface area contributed by atoms with Crippen LogP contribution in [-0.2, 0) is 9.59 Å². The van der Waals surface area contributed by atoms with Gasteiger partial charge >= 0.3 is 6.18 Å². The van der Waals surface area contributed by atoms with Gasteiger partial charge in [-0.1, -0.05) is 0 Å². The van der Waals surface area contributed by atoms with E-state index in [1.807, 2.05) is 0 Å². The summed E-state index contributed by atoms with van der Waals surface area (Å²) >= 11 is 0. The van der Waals surface area contributed by atoms with Gasteiger partial charge in [0.15, 0.2) is 0 Å². The van der Waals surface area contributed by atoms with Crippen LogP contribution in [0.15, 0.2) is 0 Å². The fourth-order valence-electron chi connectivity index (χ4n) is 0.875. The molecular weight excluding hydrogens is 179 g/mol. The van der Waals surface area contributed by atoms with Crippen molar-refractivity contribution in [3.05, 3.63) is 0 Å². The van der Waals surface area contributed by atoms with E-state index in [1.54, 1.807) is 0 Å². The first-order valence-corrected chi connectivity index (χ1v) is 2.96. The van der Waals surface area contributed by atoms with Gasteiger partial charge in [0.05, 0.1) is 0 Å². The molecule has 0 spiro atoms. The van der Waals surface area contributed by atoms with Crippen molar-refractivity contribution in [3.8, 4) is 0 Å². The minimum atomic E-state index is -4.76. The van der Waals surface area contributed by atoms with Gasteiger partial charge < -0.3 is 0 Å². The van der Waals surface area contributed by atoms with E-state index < -0.39 is 35.4 Å². The van der Waals surface area contributed by atoms with Gasteiger partial charge in [-0.05, 0) is 0 Å². The van der Waals surface area contributed by atoms with Gasteiger partial charge in [-0.15, -0.1) is 0 Å². The van der Waals surface area contributed by atoms with Gasteiger partial charge in [-0.2, -0.15) is 18.2 Å². The predicted molar refractivity (Wildman–Crippen MR) is 27.8 cm³/mol. The molecule has 1 atom stereocenters. The van der Waals surface area contributed by atoms with Crippen molar-refractivity contribution in [1.82, 2.24) is 5.06 Å². The topological polar surface area (TPSA) is 57.6 Å². The summed E-state index contributed by atoms with van der Waals surface area (Å²) in [6, 6.07) is 0. The molecule has 4 nitrogen and oxygen atoms in total. The van der Waals surface area contributed by atoms with Crippen molar-refractivity contribution < 1.29 is 28.0 Å². The van der Waals surface area contributed by atoms with Crippen molar-refractivity contribution in [2.24, 2.45) is 5.92 Å². The molecule has 1 aliphatic rings. The molecule has 68 valence electrons. The number of carbonyl (C=O) groups is 2. The average molecular weight is 183 g/mol. The predicted octanol–water partition coefficient (Wildman–Crippen LogP) is 0.313. The highest BCUT2D eigenvalue weighted by atomic mass is 19.4. The number of imide groups is 1. The third kappa shape index (κ3) is 1.27. The van der Waals surface area contributed by atoms with Crippen LogP contribution in [0.4, 0.5) is 13.2 Å². The second kappa shape index (κ2) is 2.44. The first-order valence-electron chi connectivity index (χ1n) is 2.96. The van der Waals surface area contributed by atoms with Crippen LogP contribution in [0.25, 0.3) is 0 Å². The molecule has 0 aromatic rings. The number of hydroxylamine groups is 2. The number of hydrogen-bond donors (Lipinski definition) is 1. The zero-order chi connectivity index (χ0) is 9.52. The average Bonchev–Trinajstić information content (AvgIpc) is 2.15. The zero-order valence-electron chi connectivity index (χ0n) is 5.63. The van der Waals surface area contributed by atoms with Crippen molar-refractivity contribution in [1.29, 1.82) is 0 Å². The van der Waals surface area contributed by atoms with Crippen LogP contribution in [0.5, 0.6) is 0 Å². The molecule has 1 fully saturated rings. The van der Waals surface area contributed by atoms with Gasteiger partial charge in [0, 0.05) is 6.42 Å². The van der Waals surface area contributed by atoms with Gasteiger partial charge in [-0.25, -0.2) is 0 Å². The molecule has 1 rings (SSSR count). The maximum Gasteiger partial charge on any atom is 0.401 e. The van der Waals surface area contributed by atoms with E-state index in [9.17, 15) is 22.8 Å². The van der Waals surface area contributed by atoms with Crippen LogP contribution in [0, 0.1) is 5.92 Å². The van der Waals surface area contributed by atoms with Crippen LogP contribution in [0.2, 0.25) is 0 Å². The lowest BCUT2D eigenvalue weighted by atomic mass is 10.1. The zero-order valence-corrected chi connectivity index (χ0v) is 5.63. The summed E-state index contributed by atoms with van der Waals surface area (Å²) in [6.07, 6.45) is -5.76. The Morgan fingerprint density at radius 1 is 1.42 bits per heavy atom. The number of alkyl halides is 3. The van der Waals surface area contributed by atoms with E-state index in [4.69, 9.17) is 5.21 Å². The van der Waals surface area contributed by atoms with Crippen molar-refractivity contribution in [2.75, 3.05) is 0 Å². The number of hydrogen-bond acceptors (Lipinski definition) is 3. The number of carbonyl (C=O) groups excluding carboxylic acids is 2. The highest BCUT2D eigenvalue weighted by molar-refractivity contribution is 6.02. The Hall–Kier alpha value is -1.11. The minimum absolute atomic E-state index is 0.488. The number of halogens is 3. The molecule has 0 saturated carbocycles. The minimum Gasteiger partial charge on any atom is -0.279 e. The lowest BCUT2D eigenvalue weighted by Crippen LogP contribution is -2.32. The largest absolute Gasteiger partial charge is 0.401 e. The quantitative estimate of drug-likeness (QED) is 0.434. The molecule has 0 aromatic carbocycles. The van der Waals surface area contributed by atoms with Gasteiger partial charge in [-0.3, -0.25) is 14.8 Å². The van der Waals surface area contributed by atoms with Gasteiger partial charge in [0.2, 0.25) is 0 Å². The fourth-order valence-corrected chi connectivity index (χ4v) is 0.875. The molecular formula is C5H4F3NO3. The first-order chi connectivity index (χ1) is 5.34. The van der Waals surface area contributed by atoms with Crippen molar-refractivity contribution in [3.63, 3.8) is 0 Å². The fraction of sp³-hybridized carbons (Fsp3) is 0.600. The van der Waals surface area contributed by atoms with Gasteiger partial charge in [0.1, 0.15) is 5.92 Å². The first kappa shape index (κ1) is 8.98. The molecule has 0 radical (unpaired) electrons. The Balaban J connectivity index is 2.86. The molecule has 0 aromatic heterocycles. The van der Waals surface area contributed by atoms with Gasteiger partial charge in [0.25, 0.3) is 11.8 Å². The lowest BCUT2D eigenvalue weighted by molar-refractivity contribution is -0.192. The van der Waals surface area contributed by atoms with E-state index in [0.717, 1.165) is 0 Å². The van der Waals surface area contributed by atoms with Crippen LogP contribution >= 0.6 is 0 Å². The van der Waals surface area contributed by atoms with E-state index in [1.165, 1.54) is 0 Å². The van der Waals surface area contributed by atoms with E-state index in [2.05, 4.69) is 0 Å². The summed E-state index contributed by atoms with van der Waals surface area (Å²) in [6.45, 7) is 0. The second-order valence-electron chi connectivity index (χ2n) is 2.34. The van der Waals surface area contributed by atoms with E-state index in [0.29, 0.717) is 0 Å². The molecule has 1 N–H and O–H groups in total. The van der Waals surface area contributed by atoms with E-state index >= 15 is 0 Å². The summed E-state index contributed by atoms with van der Waals surface area (Å²) in [5, 5.41) is 7.95. The maximum absolute atomic E-state index is 11.8. The number of amides is 2. The normalized spacial score (nSPS) is 25.3. The smallest absolute Gasteiger partial charge is 0.279 e. The van der Waals surface area contributed by atoms with E-state index in [-0.39, 0.29) is 0 Å². The van der Waals surface area contributed by atoms with Crippen LogP contribution in [0.1, 0.15) is 6.42 Å². The molecule has 1 saturated heterocycles. The monoisotopic (exact) mass is 183 g/mol. The molecule has 0 bridgehead atoms. The van der Waals surface area contributed by atoms with Crippen LogP contribution in [0.3, 0.4) is 0 Å². The molecule has 1 aliphatic heterocycles. The second-order valence-corrected chi connectivity index (χ2v) is 2.34. The Morgan fingerprint density at radius 2 is 1.92 bits per heavy atom. The van der Waals surface area contributed by atoms with Crippen LogP contribution < -0.4 is 0 Å². The summed E-state index contributed by atoms with van der Waals surface area (Å²) in [4.78, 5) is 20.9. The standard InChI is InChI=1S/C5H4F3NO3/c6-5(7,8)2-1-3(10)9(12)4(2)11/h2,12H,1H2. The molecule has 0 aliphatic carbocycles. The molecule has 2 amide bonds. The van der Waals surface area contributed by atoms with Crippen LogP contribution in [-0.4, -0.2) is 28.3 Å². The third-order valence-corrected chi connectivity index (χ3v) is 1.52. The Bertz CT molecular complexity index is 237. The molecule has 12 heavy (non-hydrogen) atoms. The summed E-state index contributed by atoms with van der Waals surface area (Å²) in [5.74, 6) is -5.20. The summed E-state index contributed by atoms with van der Waals surface area (Å²) in [5.41, 5.74) is 0. The lowest BCUT2D eigenvalue weighted by Gasteiger charge is -2.10.